The fourth-order valence-electron chi connectivity index (χ4n) is 4.36. The summed E-state index contributed by atoms with van der Waals surface area (Å²) < 4.78 is 37.1. The number of dihydropyridines is 1. The van der Waals surface area contributed by atoms with Gasteiger partial charge in [0.25, 0.3) is 5.91 Å². The van der Waals surface area contributed by atoms with Crippen molar-refractivity contribution in [2.75, 3.05) is 19.6 Å². The first-order valence-electron chi connectivity index (χ1n) is 10.4. The molecule has 10 heteroatoms. The highest BCUT2D eigenvalue weighted by molar-refractivity contribution is 5.93. The topological polar surface area (TPSA) is 120 Å². The molecule has 0 aromatic carbocycles. The number of halogens is 2. The molecule has 1 spiro atoms. The van der Waals surface area contributed by atoms with E-state index in [-0.39, 0.29) is 31.0 Å². The van der Waals surface area contributed by atoms with Crippen LogP contribution in [0, 0.1) is 12.3 Å². The third kappa shape index (κ3) is 4.35. The zero-order valence-corrected chi connectivity index (χ0v) is 18.1. The number of aromatic nitrogens is 1. The molecule has 1 aromatic rings. The summed E-state index contributed by atoms with van der Waals surface area (Å²) in [5.74, 6) is -2.31. The van der Waals surface area contributed by atoms with E-state index >= 15 is 0 Å². The van der Waals surface area contributed by atoms with Gasteiger partial charge in [0.1, 0.15) is 18.1 Å². The molecular formula is C22H27F2N5O3. The Hall–Kier alpha value is -3.30. The number of nitrogens with zero attached hydrogens (tertiary/aromatic N) is 2. The summed E-state index contributed by atoms with van der Waals surface area (Å²) in [4.78, 5) is 13.8. The number of amides is 1. The molecule has 1 aromatic heterocycles. The van der Waals surface area contributed by atoms with Crippen LogP contribution in [0.4, 0.5) is 8.78 Å². The van der Waals surface area contributed by atoms with Gasteiger partial charge in [-0.05, 0) is 32.1 Å². The molecule has 1 amide bonds. The lowest BCUT2D eigenvalue weighted by atomic mass is 9.61. The van der Waals surface area contributed by atoms with Crippen LogP contribution in [-0.2, 0) is 16.1 Å². The van der Waals surface area contributed by atoms with E-state index in [4.69, 9.17) is 20.7 Å². The van der Waals surface area contributed by atoms with Crippen molar-refractivity contribution in [1.82, 2.24) is 15.4 Å². The number of aryl methyl sites for hydroxylation is 1. The number of carbonyl (C=O) groups excluding carboxylic acids is 1. The SMILES string of the molecule is CC1=CC=C(c2noc(C)c2CO/C(N)=C/C=C(\N)C(=O)N2CC3(C2)CC(F)(F)C3)CN1. The Morgan fingerprint density at radius 1 is 1.28 bits per heavy atom. The van der Waals surface area contributed by atoms with E-state index in [9.17, 15) is 13.6 Å². The summed E-state index contributed by atoms with van der Waals surface area (Å²) in [5.41, 5.74) is 14.8. The number of carbonyl (C=O) groups is 1. The fourth-order valence-corrected chi connectivity index (χ4v) is 4.36. The molecule has 1 saturated heterocycles. The first kappa shape index (κ1) is 21.9. The van der Waals surface area contributed by atoms with E-state index in [1.807, 2.05) is 19.1 Å². The molecule has 172 valence electrons. The summed E-state index contributed by atoms with van der Waals surface area (Å²) in [7, 11) is 0. The molecule has 0 bridgehead atoms. The standard InChI is InChI=1S/C22H27F2N5O3/c1-13-3-4-15(7-27-13)19-16(14(2)32-28-19)8-31-18(26)6-5-17(25)20(30)29-11-21(12-29)9-22(23,24)10-21/h3-6,27H,7-12,25-26H2,1-2H3/b17-5-,18-6+. The minimum Gasteiger partial charge on any atom is -0.474 e. The number of rotatable bonds is 6. The highest BCUT2D eigenvalue weighted by atomic mass is 19.3. The van der Waals surface area contributed by atoms with Gasteiger partial charge in [0.2, 0.25) is 5.92 Å². The summed E-state index contributed by atoms with van der Waals surface area (Å²) in [6, 6.07) is 0. The number of hydrogen-bond acceptors (Lipinski definition) is 7. The van der Waals surface area contributed by atoms with Crippen LogP contribution in [0.2, 0.25) is 0 Å². The van der Waals surface area contributed by atoms with E-state index in [2.05, 4.69) is 10.5 Å². The molecule has 1 aliphatic carbocycles. The van der Waals surface area contributed by atoms with Gasteiger partial charge in [0.15, 0.2) is 5.88 Å². The van der Waals surface area contributed by atoms with Crippen LogP contribution in [0.3, 0.4) is 0 Å². The minimum absolute atomic E-state index is 0.0278. The third-order valence-electron chi connectivity index (χ3n) is 6.05. The molecule has 3 heterocycles. The number of likely N-dealkylation sites (tertiary alicyclic amines) is 1. The molecule has 32 heavy (non-hydrogen) atoms. The Balaban J connectivity index is 1.32. The van der Waals surface area contributed by atoms with E-state index in [0.29, 0.717) is 31.1 Å². The monoisotopic (exact) mass is 447 g/mol. The van der Waals surface area contributed by atoms with Gasteiger partial charge >= 0.3 is 0 Å². The van der Waals surface area contributed by atoms with E-state index in [0.717, 1.165) is 16.8 Å². The quantitative estimate of drug-likeness (QED) is 0.348. The smallest absolute Gasteiger partial charge is 0.269 e. The molecule has 2 fully saturated rings. The first-order chi connectivity index (χ1) is 15.1. The lowest BCUT2D eigenvalue weighted by Gasteiger charge is -2.58. The summed E-state index contributed by atoms with van der Waals surface area (Å²) >= 11 is 0. The summed E-state index contributed by atoms with van der Waals surface area (Å²) in [6.07, 6.45) is 6.37. The van der Waals surface area contributed by atoms with Gasteiger partial charge in [-0.25, -0.2) is 8.78 Å². The molecule has 1 saturated carbocycles. The van der Waals surface area contributed by atoms with Crippen molar-refractivity contribution in [3.63, 3.8) is 0 Å². The normalized spacial score (nSPS) is 21.8. The molecule has 3 aliphatic rings. The molecule has 8 nitrogen and oxygen atoms in total. The molecule has 4 rings (SSSR count). The number of allylic oxidation sites excluding steroid dienone is 5. The zero-order chi connectivity index (χ0) is 23.1. The molecule has 0 radical (unpaired) electrons. The van der Waals surface area contributed by atoms with Crippen LogP contribution in [0.1, 0.15) is 36.8 Å². The molecule has 2 aliphatic heterocycles. The Morgan fingerprint density at radius 2 is 2.00 bits per heavy atom. The largest absolute Gasteiger partial charge is 0.474 e. The summed E-state index contributed by atoms with van der Waals surface area (Å²) in [5, 5.41) is 7.38. The lowest BCUT2D eigenvalue weighted by molar-refractivity contribution is -0.213. The van der Waals surface area contributed by atoms with Gasteiger partial charge in [-0.15, -0.1) is 0 Å². The number of alkyl halides is 2. The van der Waals surface area contributed by atoms with Crippen LogP contribution < -0.4 is 16.8 Å². The van der Waals surface area contributed by atoms with Gasteiger partial charge in [-0.1, -0.05) is 11.2 Å². The molecule has 5 N–H and O–H groups in total. The fraction of sp³-hybridized carbons (Fsp3) is 0.455. The van der Waals surface area contributed by atoms with Crippen LogP contribution in [0.15, 0.2) is 46.1 Å². The number of nitrogens with two attached hydrogens (primary N) is 2. The average Bonchev–Trinajstić information content (AvgIpc) is 3.07. The molecule has 0 atom stereocenters. The van der Waals surface area contributed by atoms with Crippen molar-refractivity contribution in [2.24, 2.45) is 16.9 Å². The van der Waals surface area contributed by atoms with Gasteiger partial charge < -0.3 is 30.9 Å². The van der Waals surface area contributed by atoms with Gasteiger partial charge in [0, 0.05) is 49.2 Å². The second kappa shape index (κ2) is 7.99. The van der Waals surface area contributed by atoms with E-state index in [1.54, 1.807) is 6.92 Å². The van der Waals surface area contributed by atoms with Crippen molar-refractivity contribution < 1.29 is 22.8 Å². The summed E-state index contributed by atoms with van der Waals surface area (Å²) in [6.45, 7) is 5.15. The second-order valence-corrected chi connectivity index (χ2v) is 8.81. The van der Waals surface area contributed by atoms with Crippen molar-refractivity contribution in [1.29, 1.82) is 0 Å². The van der Waals surface area contributed by atoms with Gasteiger partial charge in [-0.2, -0.15) is 0 Å². The second-order valence-electron chi connectivity index (χ2n) is 8.81. The van der Waals surface area contributed by atoms with Gasteiger partial charge in [-0.3, -0.25) is 4.79 Å². The predicted molar refractivity (Wildman–Crippen MR) is 114 cm³/mol. The Labute approximate surface area is 184 Å². The number of nitrogens with one attached hydrogen (secondary N) is 1. The molecule has 0 unspecified atom stereocenters. The number of hydrogen-bond donors (Lipinski definition) is 3. The minimum atomic E-state index is -2.60. The Bertz CT molecular complexity index is 1040. The third-order valence-corrected chi connectivity index (χ3v) is 6.05. The average molecular weight is 447 g/mol. The maximum absolute atomic E-state index is 13.1. The number of ether oxygens (including phenoxy) is 1. The highest BCUT2D eigenvalue weighted by Gasteiger charge is 2.62. The van der Waals surface area contributed by atoms with E-state index < -0.39 is 17.2 Å². The van der Waals surface area contributed by atoms with Crippen molar-refractivity contribution in [2.45, 2.75) is 39.2 Å². The highest BCUT2D eigenvalue weighted by Crippen LogP contribution is 2.56. The molecular weight excluding hydrogens is 420 g/mol. The van der Waals surface area contributed by atoms with Crippen molar-refractivity contribution in [3.05, 3.63) is 58.6 Å². The van der Waals surface area contributed by atoms with Gasteiger partial charge in [0.05, 0.1) is 11.3 Å². The van der Waals surface area contributed by atoms with Crippen LogP contribution in [0.5, 0.6) is 0 Å². The van der Waals surface area contributed by atoms with Crippen LogP contribution >= 0.6 is 0 Å². The predicted octanol–water partition coefficient (Wildman–Crippen LogP) is 2.29. The zero-order valence-electron chi connectivity index (χ0n) is 18.1. The van der Waals surface area contributed by atoms with Crippen molar-refractivity contribution >= 4 is 11.5 Å². The van der Waals surface area contributed by atoms with Crippen LogP contribution in [0.25, 0.3) is 5.57 Å². The Kier molecular flexibility index (Phi) is 5.47. The van der Waals surface area contributed by atoms with Crippen LogP contribution in [-0.4, -0.2) is 41.5 Å². The van der Waals surface area contributed by atoms with E-state index in [1.165, 1.54) is 17.1 Å². The maximum atomic E-state index is 13.1. The Morgan fingerprint density at radius 3 is 2.62 bits per heavy atom. The first-order valence-corrected chi connectivity index (χ1v) is 10.4. The maximum Gasteiger partial charge on any atom is 0.269 e. The lowest BCUT2D eigenvalue weighted by Crippen LogP contribution is -2.67. The van der Waals surface area contributed by atoms with Crippen molar-refractivity contribution in [3.8, 4) is 0 Å².